The van der Waals surface area contributed by atoms with Gasteiger partial charge in [0.1, 0.15) is 0 Å². The monoisotopic (exact) mass is 308 g/mol. The van der Waals surface area contributed by atoms with Gasteiger partial charge in [-0.25, -0.2) is 9.50 Å². The molecule has 1 N–H and O–H groups in total. The van der Waals surface area contributed by atoms with Gasteiger partial charge in [0.2, 0.25) is 0 Å². The second kappa shape index (κ2) is 5.16. The van der Waals surface area contributed by atoms with E-state index in [2.05, 4.69) is 32.6 Å². The Kier molecular flexibility index (Phi) is 2.97. The molecule has 0 aromatic carbocycles. The topological polar surface area (TPSA) is 60.0 Å². The van der Waals surface area contributed by atoms with Crippen LogP contribution >= 0.6 is 0 Å². The van der Waals surface area contributed by atoms with Crippen molar-refractivity contribution in [3.63, 3.8) is 0 Å². The second-order valence-electron chi connectivity index (χ2n) is 6.68. The van der Waals surface area contributed by atoms with Gasteiger partial charge >= 0.3 is 0 Å². The van der Waals surface area contributed by atoms with E-state index in [0.717, 1.165) is 29.9 Å². The fraction of sp³-hybridized carbons (Fsp3) is 0.471. The van der Waals surface area contributed by atoms with Crippen molar-refractivity contribution in [1.29, 1.82) is 0 Å². The Labute approximate surface area is 134 Å². The molecule has 2 fully saturated rings. The van der Waals surface area contributed by atoms with Gasteiger partial charge in [-0.3, -0.25) is 4.68 Å². The molecule has 1 aliphatic carbocycles. The Morgan fingerprint density at radius 1 is 0.913 bits per heavy atom. The van der Waals surface area contributed by atoms with Crippen LogP contribution in [0.5, 0.6) is 0 Å². The predicted molar refractivity (Wildman–Crippen MR) is 87.3 cm³/mol. The summed E-state index contributed by atoms with van der Waals surface area (Å²) in [5, 5.41) is 12.4. The Bertz CT molecular complexity index is 838. The highest BCUT2D eigenvalue weighted by Crippen LogP contribution is 2.35. The minimum Gasteiger partial charge on any atom is -0.317 e. The lowest BCUT2D eigenvalue weighted by molar-refractivity contribution is 0.462. The first-order valence-corrected chi connectivity index (χ1v) is 8.47. The average Bonchev–Trinajstić information content (AvgIpc) is 3.19. The summed E-state index contributed by atoms with van der Waals surface area (Å²) in [5.74, 6) is 0.574. The van der Waals surface area contributed by atoms with Gasteiger partial charge in [-0.2, -0.15) is 10.2 Å². The molecule has 6 heteroatoms. The zero-order valence-corrected chi connectivity index (χ0v) is 13.0. The van der Waals surface area contributed by atoms with E-state index in [1.165, 1.54) is 31.2 Å². The molecule has 3 aromatic heterocycles. The van der Waals surface area contributed by atoms with Gasteiger partial charge in [-0.15, -0.1) is 0 Å². The van der Waals surface area contributed by atoms with E-state index in [0.29, 0.717) is 12.0 Å². The van der Waals surface area contributed by atoms with Crippen LogP contribution in [0.25, 0.3) is 16.8 Å². The zero-order valence-electron chi connectivity index (χ0n) is 13.0. The molecule has 23 heavy (non-hydrogen) atoms. The van der Waals surface area contributed by atoms with E-state index in [4.69, 9.17) is 4.98 Å². The van der Waals surface area contributed by atoms with Crippen LogP contribution in [-0.4, -0.2) is 37.5 Å². The van der Waals surface area contributed by atoms with Gasteiger partial charge in [-0.1, -0.05) is 0 Å². The SMILES string of the molecule is c1nc2c(C3CCNCC3)cnn2cc1-c1cnn(C2CC2)c1. The molecule has 1 aliphatic heterocycles. The molecule has 0 spiro atoms. The fourth-order valence-corrected chi connectivity index (χ4v) is 3.49. The lowest BCUT2D eigenvalue weighted by Gasteiger charge is -2.21. The summed E-state index contributed by atoms with van der Waals surface area (Å²) in [7, 11) is 0. The number of nitrogens with one attached hydrogen (secondary N) is 1. The van der Waals surface area contributed by atoms with Crippen LogP contribution in [0.3, 0.4) is 0 Å². The first kappa shape index (κ1) is 13.2. The Hall–Kier alpha value is -2.21. The number of hydrogen-bond donors (Lipinski definition) is 1. The highest BCUT2D eigenvalue weighted by atomic mass is 15.3. The zero-order chi connectivity index (χ0) is 15.2. The summed E-state index contributed by atoms with van der Waals surface area (Å²) in [5.41, 5.74) is 4.47. The van der Waals surface area contributed by atoms with Crippen molar-refractivity contribution in [3.05, 3.63) is 36.5 Å². The third-order valence-electron chi connectivity index (χ3n) is 5.02. The molecular weight excluding hydrogens is 288 g/mol. The molecule has 0 atom stereocenters. The maximum Gasteiger partial charge on any atom is 0.158 e. The smallest absolute Gasteiger partial charge is 0.158 e. The van der Waals surface area contributed by atoms with Gasteiger partial charge in [0.05, 0.1) is 18.4 Å². The minimum absolute atomic E-state index is 0.574. The molecule has 118 valence electrons. The van der Waals surface area contributed by atoms with E-state index < -0.39 is 0 Å². The molecule has 1 saturated heterocycles. The lowest BCUT2D eigenvalue weighted by atomic mass is 9.92. The molecule has 0 amide bonds. The summed E-state index contributed by atoms with van der Waals surface area (Å²) in [6.07, 6.45) is 14.9. The second-order valence-corrected chi connectivity index (χ2v) is 6.68. The number of piperidine rings is 1. The number of rotatable bonds is 3. The van der Waals surface area contributed by atoms with Crippen molar-refractivity contribution >= 4 is 5.65 Å². The van der Waals surface area contributed by atoms with Crippen molar-refractivity contribution in [2.45, 2.75) is 37.6 Å². The number of nitrogens with zero attached hydrogens (tertiary/aromatic N) is 5. The first-order valence-electron chi connectivity index (χ1n) is 8.47. The predicted octanol–water partition coefficient (Wildman–Crippen LogP) is 2.39. The Balaban J connectivity index is 1.49. The summed E-state index contributed by atoms with van der Waals surface area (Å²) in [6.45, 7) is 2.17. The van der Waals surface area contributed by atoms with Gasteiger partial charge in [0.15, 0.2) is 5.65 Å². The molecular formula is C17H20N6. The summed E-state index contributed by atoms with van der Waals surface area (Å²) < 4.78 is 3.99. The van der Waals surface area contributed by atoms with E-state index in [-0.39, 0.29) is 0 Å². The number of hydrogen-bond acceptors (Lipinski definition) is 4. The Morgan fingerprint density at radius 2 is 1.74 bits per heavy atom. The normalized spacial score (nSPS) is 19.5. The average molecular weight is 308 g/mol. The van der Waals surface area contributed by atoms with Crippen LogP contribution in [0.4, 0.5) is 0 Å². The highest BCUT2D eigenvalue weighted by molar-refractivity contribution is 5.62. The lowest BCUT2D eigenvalue weighted by Crippen LogP contribution is -2.26. The standard InChI is InChI=1S/C17H20N6/c1-2-15(1)22-10-14(8-20-22)13-7-19-17-16(9-21-23(17)11-13)12-3-5-18-6-4-12/h7-12,15,18H,1-6H2. The van der Waals surface area contributed by atoms with Crippen LogP contribution in [0.1, 0.15) is 43.2 Å². The van der Waals surface area contributed by atoms with Crippen LogP contribution in [0, 0.1) is 0 Å². The minimum atomic E-state index is 0.574. The third-order valence-corrected chi connectivity index (χ3v) is 5.02. The number of aromatic nitrogens is 5. The molecule has 0 unspecified atom stereocenters. The van der Waals surface area contributed by atoms with E-state index in [1.54, 1.807) is 0 Å². The van der Waals surface area contributed by atoms with Crippen LogP contribution < -0.4 is 5.32 Å². The third kappa shape index (κ3) is 2.34. The molecule has 6 nitrogen and oxygen atoms in total. The highest BCUT2D eigenvalue weighted by Gasteiger charge is 2.24. The van der Waals surface area contributed by atoms with Crippen LogP contribution in [0.15, 0.2) is 31.0 Å². The van der Waals surface area contributed by atoms with Gasteiger partial charge in [0.25, 0.3) is 0 Å². The molecule has 1 saturated carbocycles. The maximum atomic E-state index is 4.71. The van der Waals surface area contributed by atoms with Crippen LogP contribution in [-0.2, 0) is 0 Å². The van der Waals surface area contributed by atoms with E-state index in [1.807, 2.05) is 23.1 Å². The molecule has 4 heterocycles. The summed E-state index contributed by atoms with van der Waals surface area (Å²) in [6, 6.07) is 0.608. The van der Waals surface area contributed by atoms with Crippen molar-refractivity contribution in [1.82, 2.24) is 29.7 Å². The quantitative estimate of drug-likeness (QED) is 0.807. The molecule has 0 bridgehead atoms. The van der Waals surface area contributed by atoms with Gasteiger partial charge < -0.3 is 5.32 Å². The van der Waals surface area contributed by atoms with Crippen molar-refractivity contribution in [2.24, 2.45) is 0 Å². The van der Waals surface area contributed by atoms with Crippen molar-refractivity contribution in [2.75, 3.05) is 13.1 Å². The number of fused-ring (bicyclic) bond motifs is 1. The summed E-state index contributed by atoms with van der Waals surface area (Å²) >= 11 is 0. The Morgan fingerprint density at radius 3 is 2.57 bits per heavy atom. The summed E-state index contributed by atoms with van der Waals surface area (Å²) in [4.78, 5) is 4.71. The van der Waals surface area contributed by atoms with Crippen molar-refractivity contribution < 1.29 is 0 Å². The van der Waals surface area contributed by atoms with E-state index >= 15 is 0 Å². The van der Waals surface area contributed by atoms with Crippen molar-refractivity contribution in [3.8, 4) is 11.1 Å². The first-order chi connectivity index (χ1) is 11.4. The maximum absolute atomic E-state index is 4.71. The van der Waals surface area contributed by atoms with E-state index in [9.17, 15) is 0 Å². The fourth-order valence-electron chi connectivity index (χ4n) is 3.49. The molecule has 2 aliphatic rings. The molecule has 0 radical (unpaired) electrons. The van der Waals surface area contributed by atoms with Gasteiger partial charge in [-0.05, 0) is 44.7 Å². The largest absolute Gasteiger partial charge is 0.317 e. The van der Waals surface area contributed by atoms with Crippen LogP contribution in [0.2, 0.25) is 0 Å². The van der Waals surface area contributed by atoms with Gasteiger partial charge in [0, 0.05) is 35.3 Å². The molecule has 3 aromatic rings. The molecule has 5 rings (SSSR count).